The quantitative estimate of drug-likeness (QED) is 0.556. The third-order valence-corrected chi connectivity index (χ3v) is 2.83. The van der Waals surface area contributed by atoms with E-state index in [4.69, 9.17) is 0 Å². The maximum absolute atomic E-state index is 11.6. The summed E-state index contributed by atoms with van der Waals surface area (Å²) in [4.78, 5) is 22.9. The number of amides is 2. The second kappa shape index (κ2) is 8.06. The first-order valence-electron chi connectivity index (χ1n) is 6.52. The zero-order valence-corrected chi connectivity index (χ0v) is 10.6. The van der Waals surface area contributed by atoms with Crippen molar-refractivity contribution in [2.75, 3.05) is 19.6 Å². The predicted molar refractivity (Wildman–Crippen MR) is 66.6 cm³/mol. The topological polar surface area (TPSA) is 70.2 Å². The van der Waals surface area contributed by atoms with E-state index in [1.54, 1.807) is 0 Å². The molecule has 3 N–H and O–H groups in total. The highest BCUT2D eigenvalue weighted by Crippen LogP contribution is 2.04. The van der Waals surface area contributed by atoms with Gasteiger partial charge in [-0.3, -0.25) is 9.59 Å². The molecule has 2 amide bonds. The minimum absolute atomic E-state index is 0.0242. The van der Waals surface area contributed by atoms with Crippen LogP contribution in [0, 0.1) is 0 Å². The van der Waals surface area contributed by atoms with Gasteiger partial charge in [-0.05, 0) is 32.2 Å². The average molecular weight is 241 g/mol. The van der Waals surface area contributed by atoms with E-state index in [1.807, 2.05) is 6.92 Å². The van der Waals surface area contributed by atoms with Crippen LogP contribution >= 0.6 is 0 Å². The van der Waals surface area contributed by atoms with Crippen molar-refractivity contribution < 1.29 is 9.59 Å². The third-order valence-electron chi connectivity index (χ3n) is 2.83. The molecule has 5 nitrogen and oxygen atoms in total. The van der Waals surface area contributed by atoms with Crippen LogP contribution in [0.2, 0.25) is 0 Å². The lowest BCUT2D eigenvalue weighted by Gasteiger charge is -2.10. The summed E-state index contributed by atoms with van der Waals surface area (Å²) in [6, 6.07) is -0.0242. The molecule has 0 aromatic rings. The van der Waals surface area contributed by atoms with E-state index in [2.05, 4.69) is 16.0 Å². The number of rotatable bonds is 7. The Kier molecular flexibility index (Phi) is 6.62. The van der Waals surface area contributed by atoms with Gasteiger partial charge in [-0.25, -0.2) is 0 Å². The summed E-state index contributed by atoms with van der Waals surface area (Å²) < 4.78 is 0. The molecular weight excluding hydrogens is 218 g/mol. The fraction of sp³-hybridized carbons (Fsp3) is 0.833. The van der Waals surface area contributed by atoms with Crippen LogP contribution < -0.4 is 16.0 Å². The van der Waals surface area contributed by atoms with Gasteiger partial charge in [0, 0.05) is 19.5 Å². The van der Waals surface area contributed by atoms with Crippen molar-refractivity contribution >= 4 is 11.8 Å². The Balaban J connectivity index is 1.99. The van der Waals surface area contributed by atoms with Gasteiger partial charge in [-0.15, -0.1) is 0 Å². The molecular formula is C12H23N3O2. The van der Waals surface area contributed by atoms with Crippen LogP contribution in [0.5, 0.6) is 0 Å². The molecule has 1 heterocycles. The summed E-state index contributed by atoms with van der Waals surface area (Å²) in [5.74, 6) is 0.136. The lowest BCUT2D eigenvalue weighted by molar-refractivity contribution is -0.123. The molecule has 0 aromatic heterocycles. The van der Waals surface area contributed by atoms with Crippen molar-refractivity contribution in [3.63, 3.8) is 0 Å². The Labute approximate surface area is 103 Å². The molecule has 1 saturated heterocycles. The van der Waals surface area contributed by atoms with Gasteiger partial charge in [0.15, 0.2) is 0 Å². The van der Waals surface area contributed by atoms with Crippen LogP contribution in [0.1, 0.15) is 39.0 Å². The highest BCUT2D eigenvalue weighted by atomic mass is 16.2. The lowest BCUT2D eigenvalue weighted by Crippen LogP contribution is -2.40. The Morgan fingerprint density at radius 3 is 2.76 bits per heavy atom. The first kappa shape index (κ1) is 14.0. The van der Waals surface area contributed by atoms with Crippen molar-refractivity contribution in [3.8, 4) is 0 Å². The smallest absolute Gasteiger partial charge is 0.237 e. The van der Waals surface area contributed by atoms with E-state index < -0.39 is 0 Å². The van der Waals surface area contributed by atoms with Crippen LogP contribution in [0.4, 0.5) is 0 Å². The van der Waals surface area contributed by atoms with Gasteiger partial charge in [0.1, 0.15) is 0 Å². The van der Waals surface area contributed by atoms with Crippen molar-refractivity contribution in [2.24, 2.45) is 0 Å². The summed E-state index contributed by atoms with van der Waals surface area (Å²) in [6.07, 6.45) is 4.13. The summed E-state index contributed by atoms with van der Waals surface area (Å²) in [5, 5.41) is 8.81. The molecule has 0 aromatic carbocycles. The SMILES string of the molecule is CCCNC(=O)CCCNC(=O)[C@@H]1CCCN1. The first-order valence-corrected chi connectivity index (χ1v) is 6.52. The van der Waals surface area contributed by atoms with E-state index in [0.29, 0.717) is 19.4 Å². The average Bonchev–Trinajstić information content (AvgIpc) is 2.85. The fourth-order valence-electron chi connectivity index (χ4n) is 1.84. The molecule has 0 aliphatic carbocycles. The van der Waals surface area contributed by atoms with Gasteiger partial charge in [0.2, 0.25) is 11.8 Å². The molecule has 0 unspecified atom stereocenters. The molecule has 0 bridgehead atoms. The standard InChI is InChI=1S/C12H23N3O2/c1-2-7-14-11(16)6-4-9-15-12(17)10-5-3-8-13-10/h10,13H,2-9H2,1H3,(H,14,16)(H,15,17)/t10-/m0/s1. The number of hydrogen-bond donors (Lipinski definition) is 3. The van der Waals surface area contributed by atoms with Crippen LogP contribution in [0.15, 0.2) is 0 Å². The van der Waals surface area contributed by atoms with Gasteiger partial charge >= 0.3 is 0 Å². The van der Waals surface area contributed by atoms with E-state index >= 15 is 0 Å². The fourth-order valence-corrected chi connectivity index (χ4v) is 1.84. The summed E-state index contributed by atoms with van der Waals surface area (Å²) in [6.45, 7) is 4.26. The van der Waals surface area contributed by atoms with Gasteiger partial charge in [0.05, 0.1) is 6.04 Å². The number of hydrogen-bond acceptors (Lipinski definition) is 3. The maximum atomic E-state index is 11.6. The van der Waals surface area contributed by atoms with Crippen molar-refractivity contribution in [1.29, 1.82) is 0 Å². The molecule has 0 spiro atoms. The zero-order valence-electron chi connectivity index (χ0n) is 10.6. The molecule has 0 radical (unpaired) electrons. The van der Waals surface area contributed by atoms with Gasteiger partial charge in [0.25, 0.3) is 0 Å². The second-order valence-corrected chi connectivity index (χ2v) is 4.39. The van der Waals surface area contributed by atoms with Crippen molar-refractivity contribution in [3.05, 3.63) is 0 Å². The third kappa shape index (κ3) is 5.68. The number of carbonyl (C=O) groups excluding carboxylic acids is 2. The highest BCUT2D eigenvalue weighted by Gasteiger charge is 2.21. The molecule has 1 atom stereocenters. The van der Waals surface area contributed by atoms with Crippen LogP contribution in [0.25, 0.3) is 0 Å². The Bertz CT molecular complexity index is 250. The van der Waals surface area contributed by atoms with Crippen LogP contribution in [-0.4, -0.2) is 37.5 Å². The maximum Gasteiger partial charge on any atom is 0.237 e. The molecule has 5 heteroatoms. The monoisotopic (exact) mass is 241 g/mol. The number of carbonyl (C=O) groups is 2. The predicted octanol–water partition coefficient (Wildman–Crippen LogP) is 0.161. The molecule has 1 rings (SSSR count). The van der Waals surface area contributed by atoms with Crippen LogP contribution in [-0.2, 0) is 9.59 Å². The van der Waals surface area contributed by atoms with Gasteiger partial charge in [-0.2, -0.15) is 0 Å². The molecule has 1 fully saturated rings. The van der Waals surface area contributed by atoms with Crippen molar-refractivity contribution in [2.45, 2.75) is 45.1 Å². The van der Waals surface area contributed by atoms with E-state index in [1.165, 1.54) is 0 Å². The minimum atomic E-state index is -0.0242. The zero-order chi connectivity index (χ0) is 12.5. The molecule has 1 aliphatic rings. The minimum Gasteiger partial charge on any atom is -0.356 e. The first-order chi connectivity index (χ1) is 8.24. The molecule has 17 heavy (non-hydrogen) atoms. The molecule has 98 valence electrons. The summed E-state index contributed by atoms with van der Waals surface area (Å²) in [7, 11) is 0. The second-order valence-electron chi connectivity index (χ2n) is 4.39. The van der Waals surface area contributed by atoms with Gasteiger partial charge in [-0.1, -0.05) is 6.92 Å². The van der Waals surface area contributed by atoms with Gasteiger partial charge < -0.3 is 16.0 Å². The normalized spacial score (nSPS) is 19.0. The lowest BCUT2D eigenvalue weighted by atomic mass is 10.2. The number of nitrogens with one attached hydrogen (secondary N) is 3. The molecule has 1 aliphatic heterocycles. The van der Waals surface area contributed by atoms with E-state index in [9.17, 15) is 9.59 Å². The summed E-state index contributed by atoms with van der Waals surface area (Å²) in [5.41, 5.74) is 0. The highest BCUT2D eigenvalue weighted by molar-refractivity contribution is 5.82. The molecule has 0 saturated carbocycles. The Morgan fingerprint density at radius 1 is 1.29 bits per heavy atom. The van der Waals surface area contributed by atoms with E-state index in [0.717, 1.165) is 32.4 Å². The Hall–Kier alpha value is -1.10. The van der Waals surface area contributed by atoms with E-state index in [-0.39, 0.29) is 17.9 Å². The largest absolute Gasteiger partial charge is 0.356 e. The van der Waals surface area contributed by atoms with Crippen LogP contribution in [0.3, 0.4) is 0 Å². The van der Waals surface area contributed by atoms with Crippen molar-refractivity contribution in [1.82, 2.24) is 16.0 Å². The Morgan fingerprint density at radius 2 is 2.12 bits per heavy atom. The summed E-state index contributed by atoms with van der Waals surface area (Å²) >= 11 is 0.